The number of hydrogen-bond donors (Lipinski definition) is 2. The maximum atomic E-state index is 16.7. The number of ether oxygens (including phenoxy) is 5. The van der Waals surface area contributed by atoms with Crippen molar-refractivity contribution in [2.24, 2.45) is 5.41 Å². The van der Waals surface area contributed by atoms with Crippen molar-refractivity contribution in [3.8, 4) is 17.0 Å². The number of benzene rings is 1. The van der Waals surface area contributed by atoms with Gasteiger partial charge in [0.1, 0.15) is 41.0 Å². The van der Waals surface area contributed by atoms with Crippen molar-refractivity contribution >= 4 is 52.3 Å². The molecule has 1 aliphatic carbocycles. The molecule has 0 bridgehead atoms. The first-order chi connectivity index (χ1) is 25.5. The Bertz CT molecular complexity index is 2040. The third-order valence-corrected chi connectivity index (χ3v) is 9.12. The van der Waals surface area contributed by atoms with Crippen LogP contribution in [0.4, 0.5) is 40.8 Å². The number of anilines is 3. The number of pyridine rings is 2. The van der Waals surface area contributed by atoms with E-state index in [-0.39, 0.29) is 59.1 Å². The predicted octanol–water partition coefficient (Wildman–Crippen LogP) is 8.17. The average Bonchev–Trinajstić information content (AvgIpc) is 3.00. The Hall–Kier alpha value is -5.41. The fourth-order valence-electron chi connectivity index (χ4n) is 6.92. The average molecular weight is 765 g/mol. The molecule has 1 spiro atoms. The lowest BCUT2D eigenvalue weighted by Crippen LogP contribution is -2.66. The Kier molecular flexibility index (Phi) is 10.0. The first kappa shape index (κ1) is 39.3. The van der Waals surface area contributed by atoms with Gasteiger partial charge in [0.2, 0.25) is 5.88 Å². The van der Waals surface area contributed by atoms with Crippen molar-refractivity contribution in [1.29, 1.82) is 0 Å². The first-order valence-corrected chi connectivity index (χ1v) is 18.2. The van der Waals surface area contributed by atoms with Crippen molar-refractivity contribution < 1.29 is 47.3 Å². The summed E-state index contributed by atoms with van der Waals surface area (Å²) in [5.41, 5.74) is -1.36. The van der Waals surface area contributed by atoms with Crippen molar-refractivity contribution in [3.63, 3.8) is 0 Å². The van der Waals surface area contributed by atoms with Crippen LogP contribution in [-0.2, 0) is 18.9 Å². The van der Waals surface area contributed by atoms with Gasteiger partial charge in [-0.1, -0.05) is 0 Å². The van der Waals surface area contributed by atoms with Crippen LogP contribution in [0.15, 0.2) is 24.5 Å². The largest absolute Gasteiger partial charge is 0.474 e. The van der Waals surface area contributed by atoms with E-state index in [1.54, 1.807) is 59.4 Å². The zero-order valence-electron chi connectivity index (χ0n) is 33.0. The molecule has 2 N–H and O–H groups in total. The molecule has 4 amide bonds. The summed E-state index contributed by atoms with van der Waals surface area (Å²) in [6, 6.07) is 3.08. The Morgan fingerprint density at radius 1 is 0.836 bits per heavy atom. The second-order valence-corrected chi connectivity index (χ2v) is 17.4. The maximum absolute atomic E-state index is 16.7. The number of nitrogens with zero attached hydrogens (tertiary/aromatic N) is 4. The highest BCUT2D eigenvalue weighted by atomic mass is 19.1. The van der Waals surface area contributed by atoms with E-state index in [1.807, 2.05) is 20.8 Å². The molecule has 296 valence electrons. The van der Waals surface area contributed by atoms with Crippen LogP contribution in [0.25, 0.3) is 21.9 Å². The van der Waals surface area contributed by atoms with Gasteiger partial charge in [-0.15, -0.1) is 0 Å². The molecule has 55 heavy (non-hydrogen) atoms. The van der Waals surface area contributed by atoms with E-state index in [0.29, 0.717) is 48.1 Å². The number of fused-ring (bicyclic) bond motifs is 2. The highest BCUT2D eigenvalue weighted by molar-refractivity contribution is 6.05. The van der Waals surface area contributed by atoms with Crippen LogP contribution in [0, 0.1) is 18.2 Å². The number of carbonyl (C=O) groups is 4. The molecule has 4 heterocycles. The lowest BCUT2D eigenvalue weighted by atomic mass is 9.62. The molecule has 1 saturated carbocycles. The van der Waals surface area contributed by atoms with E-state index in [1.165, 1.54) is 23.4 Å². The fraction of sp³-hybridized carbons (Fsp3) is 0.538. The van der Waals surface area contributed by atoms with Crippen molar-refractivity contribution in [3.05, 3.63) is 35.9 Å². The second kappa shape index (κ2) is 14.0. The van der Waals surface area contributed by atoms with E-state index in [0.717, 1.165) is 0 Å². The number of halogens is 1. The van der Waals surface area contributed by atoms with Gasteiger partial charge >= 0.3 is 24.4 Å². The van der Waals surface area contributed by atoms with Crippen LogP contribution < -0.4 is 20.3 Å². The third-order valence-electron chi connectivity index (χ3n) is 9.12. The van der Waals surface area contributed by atoms with E-state index in [9.17, 15) is 19.2 Å². The molecule has 0 unspecified atom stereocenters. The summed E-state index contributed by atoms with van der Waals surface area (Å²) in [6.07, 6.45) is 1.08. The van der Waals surface area contributed by atoms with E-state index < -0.39 is 40.9 Å². The van der Waals surface area contributed by atoms with E-state index >= 15 is 4.39 Å². The van der Waals surface area contributed by atoms with Crippen molar-refractivity contribution in [1.82, 2.24) is 14.9 Å². The molecule has 3 aromatic rings. The standard InChI is InChI=1S/C39H49FN6O9/c1-21-25(17-42-31-30(21)46(11-12-51-31)35(50)55-38(8,9)10)24-13-22-14-27(41-18-26(22)29(28(24)40)44-33(48)53-36(2,3)4)43-32(47)52-23-15-39(16-23)19-45(20-39)34(49)54-37(5,6)7/h13-14,17-18,23H,11-12,15-16,19-20H2,1-10H3,(H,44,48)(H,41,43,47). The van der Waals surface area contributed by atoms with Gasteiger partial charge in [-0.3, -0.25) is 15.5 Å². The van der Waals surface area contributed by atoms with Gasteiger partial charge in [-0.2, -0.15) is 0 Å². The van der Waals surface area contributed by atoms with Crippen molar-refractivity contribution in [2.45, 2.75) is 105 Å². The van der Waals surface area contributed by atoms with Crippen LogP contribution in [0.3, 0.4) is 0 Å². The maximum Gasteiger partial charge on any atom is 0.415 e. The highest BCUT2D eigenvalue weighted by Gasteiger charge is 2.56. The number of amides is 4. The molecule has 0 radical (unpaired) electrons. The van der Waals surface area contributed by atoms with Gasteiger partial charge in [0.15, 0.2) is 5.82 Å². The fourth-order valence-corrected chi connectivity index (χ4v) is 6.92. The number of carbonyl (C=O) groups excluding carboxylic acids is 4. The monoisotopic (exact) mass is 764 g/mol. The Morgan fingerprint density at radius 2 is 1.47 bits per heavy atom. The highest BCUT2D eigenvalue weighted by Crippen LogP contribution is 2.50. The zero-order valence-corrected chi connectivity index (χ0v) is 33.0. The number of hydrogen-bond acceptors (Lipinski definition) is 11. The molecule has 2 aromatic heterocycles. The number of likely N-dealkylation sites (tertiary alicyclic amines) is 1. The van der Waals surface area contributed by atoms with Gasteiger partial charge in [0.25, 0.3) is 0 Å². The van der Waals surface area contributed by atoms with Crippen LogP contribution in [-0.4, -0.2) is 88.4 Å². The van der Waals surface area contributed by atoms with Crippen LogP contribution in [0.5, 0.6) is 5.88 Å². The van der Waals surface area contributed by atoms with Gasteiger partial charge in [-0.05, 0) is 105 Å². The molecule has 2 aliphatic heterocycles. The van der Waals surface area contributed by atoms with Gasteiger partial charge in [0, 0.05) is 47.4 Å². The molecule has 2 fully saturated rings. The van der Waals surface area contributed by atoms with Gasteiger partial charge < -0.3 is 28.6 Å². The summed E-state index contributed by atoms with van der Waals surface area (Å²) in [5.74, 6) is -0.487. The number of rotatable bonds is 4. The minimum Gasteiger partial charge on any atom is -0.474 e. The Labute approximate surface area is 319 Å². The van der Waals surface area contributed by atoms with Crippen molar-refractivity contribution in [2.75, 3.05) is 41.8 Å². The second-order valence-electron chi connectivity index (χ2n) is 17.4. The van der Waals surface area contributed by atoms with E-state index in [2.05, 4.69) is 20.6 Å². The quantitative estimate of drug-likeness (QED) is 0.246. The summed E-state index contributed by atoms with van der Waals surface area (Å²) in [6.45, 7) is 19.0. The smallest absolute Gasteiger partial charge is 0.415 e. The predicted molar refractivity (Wildman–Crippen MR) is 202 cm³/mol. The first-order valence-electron chi connectivity index (χ1n) is 18.2. The van der Waals surface area contributed by atoms with Gasteiger partial charge in [0.05, 0.1) is 12.2 Å². The molecular weight excluding hydrogens is 715 g/mol. The zero-order chi connectivity index (χ0) is 40.2. The number of aromatic nitrogens is 2. The van der Waals surface area contributed by atoms with E-state index in [4.69, 9.17) is 23.7 Å². The van der Waals surface area contributed by atoms with Crippen LogP contribution in [0.1, 0.15) is 80.7 Å². The minimum absolute atomic E-state index is 0.0430. The topological polar surface area (TPSA) is 171 Å². The van der Waals surface area contributed by atoms with Gasteiger partial charge in [-0.25, -0.2) is 33.5 Å². The molecule has 16 heteroatoms. The normalized spacial score (nSPS) is 16.6. The summed E-state index contributed by atoms with van der Waals surface area (Å²) < 4.78 is 44.7. The lowest BCUT2D eigenvalue weighted by molar-refractivity contribution is -0.125. The summed E-state index contributed by atoms with van der Waals surface area (Å²) >= 11 is 0. The molecular formula is C39H49FN6O9. The third kappa shape index (κ3) is 8.78. The SMILES string of the molecule is Cc1c(-c2cc3cc(NC(=O)OC4CC5(C4)CN(C(=O)OC(C)(C)C)C5)ncc3c(NC(=O)OC(C)(C)C)c2F)cnc2c1N(C(=O)OC(C)(C)C)CCO2. The molecule has 1 aromatic carbocycles. The molecule has 1 saturated heterocycles. The minimum atomic E-state index is -0.889. The summed E-state index contributed by atoms with van der Waals surface area (Å²) in [4.78, 5) is 63.4. The Balaban J connectivity index is 1.26. The lowest BCUT2D eigenvalue weighted by Gasteiger charge is -2.57. The molecule has 6 rings (SSSR count). The Morgan fingerprint density at radius 3 is 2.11 bits per heavy atom. The summed E-state index contributed by atoms with van der Waals surface area (Å²) in [7, 11) is 0. The molecule has 3 aliphatic rings. The number of nitrogens with one attached hydrogen (secondary N) is 2. The molecule has 0 atom stereocenters. The van der Waals surface area contributed by atoms with Crippen LogP contribution >= 0.6 is 0 Å². The summed E-state index contributed by atoms with van der Waals surface area (Å²) in [5, 5.41) is 5.84. The van der Waals surface area contributed by atoms with Crippen LogP contribution in [0.2, 0.25) is 0 Å². The molecule has 15 nitrogen and oxygen atoms in total.